The summed E-state index contributed by atoms with van der Waals surface area (Å²) >= 11 is 1.88. The molecule has 0 aliphatic carbocycles. The number of aliphatic hydroxyl groups excluding tert-OH is 1. The van der Waals surface area contributed by atoms with Crippen LogP contribution in [0.25, 0.3) is 11.0 Å². The molecule has 0 bridgehead atoms. The van der Waals surface area contributed by atoms with E-state index in [1.165, 1.54) is 16.1 Å². The molecule has 2 aromatic heterocycles. The van der Waals surface area contributed by atoms with Crippen molar-refractivity contribution in [3.8, 4) is 0 Å². The van der Waals surface area contributed by atoms with Crippen LogP contribution in [0.3, 0.4) is 0 Å². The summed E-state index contributed by atoms with van der Waals surface area (Å²) in [5.74, 6) is 1.37. The standard InChI is InChI=1S/C28H34N6OS/c1-19(2)36-25-7-5-4-6-20(25)18-29-27-26-24(14-15-33(26)3)31-28(32-27)30-21-8-10-22(11-9-21)34-16-12-23(35)13-17-34/h4-11,14-15,19,23,35H,12-13,16-18H2,1-3H3,(H2,29,30,31,32). The number of fused-ring (bicyclic) bond motifs is 1. The van der Waals surface area contributed by atoms with Crippen LogP contribution >= 0.6 is 11.8 Å². The van der Waals surface area contributed by atoms with E-state index in [1.807, 2.05) is 31.1 Å². The zero-order chi connectivity index (χ0) is 25.1. The van der Waals surface area contributed by atoms with Crippen LogP contribution < -0.4 is 15.5 Å². The van der Waals surface area contributed by atoms with Gasteiger partial charge < -0.3 is 25.2 Å². The Hall–Kier alpha value is -3.23. The first-order valence-electron chi connectivity index (χ1n) is 12.6. The van der Waals surface area contributed by atoms with Gasteiger partial charge in [0.2, 0.25) is 5.95 Å². The van der Waals surface area contributed by atoms with Gasteiger partial charge in [-0.15, -0.1) is 11.8 Å². The van der Waals surface area contributed by atoms with E-state index < -0.39 is 0 Å². The number of anilines is 4. The van der Waals surface area contributed by atoms with E-state index >= 15 is 0 Å². The number of piperidine rings is 1. The molecule has 0 radical (unpaired) electrons. The quantitative estimate of drug-likeness (QED) is 0.263. The highest BCUT2D eigenvalue weighted by molar-refractivity contribution is 8.00. The molecule has 4 aromatic rings. The van der Waals surface area contributed by atoms with Crippen LogP contribution in [0.5, 0.6) is 0 Å². The van der Waals surface area contributed by atoms with E-state index in [0.29, 0.717) is 17.7 Å². The molecule has 8 heteroatoms. The van der Waals surface area contributed by atoms with Gasteiger partial charge in [-0.25, -0.2) is 4.98 Å². The lowest BCUT2D eigenvalue weighted by Crippen LogP contribution is -2.35. The van der Waals surface area contributed by atoms with Crippen molar-refractivity contribution in [3.05, 3.63) is 66.4 Å². The van der Waals surface area contributed by atoms with Gasteiger partial charge in [-0.3, -0.25) is 0 Å². The third-order valence-corrected chi connectivity index (χ3v) is 7.58. The summed E-state index contributed by atoms with van der Waals surface area (Å²) in [6, 6.07) is 18.9. The number of aryl methyl sites for hydroxylation is 1. The molecular weight excluding hydrogens is 468 g/mol. The first kappa shape index (κ1) is 24.5. The number of rotatable bonds is 8. The van der Waals surface area contributed by atoms with Crippen LogP contribution in [0.15, 0.2) is 65.7 Å². The third-order valence-electron chi connectivity index (χ3n) is 6.45. The minimum Gasteiger partial charge on any atom is -0.393 e. The first-order chi connectivity index (χ1) is 17.5. The molecule has 7 nitrogen and oxygen atoms in total. The number of aromatic nitrogens is 3. The number of hydrogen-bond acceptors (Lipinski definition) is 7. The summed E-state index contributed by atoms with van der Waals surface area (Å²) in [7, 11) is 2.02. The predicted molar refractivity (Wildman–Crippen MR) is 150 cm³/mol. The van der Waals surface area contributed by atoms with Gasteiger partial charge in [0.1, 0.15) is 5.52 Å². The smallest absolute Gasteiger partial charge is 0.229 e. The Balaban J connectivity index is 1.35. The number of benzene rings is 2. The molecule has 0 atom stereocenters. The van der Waals surface area contributed by atoms with E-state index in [9.17, 15) is 5.11 Å². The SMILES string of the molecule is CC(C)Sc1ccccc1CNc1nc(Nc2ccc(N3CCC(O)CC3)cc2)nc2ccn(C)c12. The topological polar surface area (TPSA) is 78.2 Å². The molecular formula is C28H34N6OS. The summed E-state index contributed by atoms with van der Waals surface area (Å²) in [6.45, 7) is 6.89. The average molecular weight is 503 g/mol. The lowest BCUT2D eigenvalue weighted by atomic mass is 10.1. The van der Waals surface area contributed by atoms with E-state index in [1.54, 1.807) is 0 Å². The van der Waals surface area contributed by atoms with Gasteiger partial charge in [0.05, 0.1) is 11.6 Å². The Bertz CT molecular complexity index is 1310. The maximum atomic E-state index is 9.77. The summed E-state index contributed by atoms with van der Waals surface area (Å²) in [4.78, 5) is 13.2. The second kappa shape index (κ2) is 10.8. The van der Waals surface area contributed by atoms with Crippen molar-refractivity contribution in [1.29, 1.82) is 0 Å². The second-order valence-corrected chi connectivity index (χ2v) is 11.2. The fourth-order valence-electron chi connectivity index (χ4n) is 4.58. The number of nitrogens with zero attached hydrogens (tertiary/aromatic N) is 4. The zero-order valence-electron chi connectivity index (χ0n) is 21.1. The molecule has 1 saturated heterocycles. The highest BCUT2D eigenvalue weighted by atomic mass is 32.2. The van der Waals surface area contributed by atoms with Crippen LogP contribution in [0.4, 0.5) is 23.1 Å². The summed E-state index contributed by atoms with van der Waals surface area (Å²) in [5.41, 5.74) is 5.25. The van der Waals surface area contributed by atoms with Crippen LogP contribution in [0, 0.1) is 0 Å². The van der Waals surface area contributed by atoms with E-state index in [0.717, 1.165) is 48.5 Å². The molecule has 2 aromatic carbocycles. The molecule has 36 heavy (non-hydrogen) atoms. The van der Waals surface area contributed by atoms with Crippen molar-refractivity contribution in [3.63, 3.8) is 0 Å². The second-order valence-electron chi connectivity index (χ2n) is 9.57. The van der Waals surface area contributed by atoms with E-state index in [2.05, 4.69) is 82.5 Å². The maximum absolute atomic E-state index is 9.77. The van der Waals surface area contributed by atoms with Crippen LogP contribution in [0.1, 0.15) is 32.3 Å². The normalized spacial score (nSPS) is 14.5. The van der Waals surface area contributed by atoms with Crippen molar-refractivity contribution < 1.29 is 5.11 Å². The largest absolute Gasteiger partial charge is 0.393 e. The van der Waals surface area contributed by atoms with Gasteiger partial charge in [-0.2, -0.15) is 4.98 Å². The van der Waals surface area contributed by atoms with Gasteiger partial charge in [-0.05, 0) is 54.8 Å². The Labute approximate surface area is 217 Å². The fourth-order valence-corrected chi connectivity index (χ4v) is 5.54. The van der Waals surface area contributed by atoms with Crippen molar-refractivity contribution in [1.82, 2.24) is 14.5 Å². The Morgan fingerprint density at radius 3 is 2.53 bits per heavy atom. The number of nitrogens with one attached hydrogen (secondary N) is 2. The predicted octanol–water partition coefficient (Wildman–Crippen LogP) is 5.79. The van der Waals surface area contributed by atoms with Crippen molar-refractivity contribution in [2.24, 2.45) is 7.05 Å². The van der Waals surface area contributed by atoms with Gasteiger partial charge >= 0.3 is 0 Å². The molecule has 188 valence electrons. The van der Waals surface area contributed by atoms with Gasteiger partial charge in [0.15, 0.2) is 5.82 Å². The van der Waals surface area contributed by atoms with Gasteiger partial charge in [0.25, 0.3) is 0 Å². The molecule has 1 fully saturated rings. The third kappa shape index (κ3) is 5.60. The molecule has 1 aliphatic rings. The van der Waals surface area contributed by atoms with Crippen molar-refractivity contribution >= 4 is 45.9 Å². The summed E-state index contributed by atoms with van der Waals surface area (Å²) in [5, 5.41) is 17.3. The highest BCUT2D eigenvalue weighted by Gasteiger charge is 2.17. The number of hydrogen-bond donors (Lipinski definition) is 3. The first-order valence-corrected chi connectivity index (χ1v) is 13.5. The van der Waals surface area contributed by atoms with Gasteiger partial charge in [0, 0.05) is 54.4 Å². The van der Waals surface area contributed by atoms with Crippen LogP contribution in [0.2, 0.25) is 0 Å². The summed E-state index contributed by atoms with van der Waals surface area (Å²) < 4.78 is 2.06. The minimum atomic E-state index is -0.169. The lowest BCUT2D eigenvalue weighted by Gasteiger charge is -2.31. The van der Waals surface area contributed by atoms with Crippen molar-refractivity contribution in [2.75, 3.05) is 28.6 Å². The molecule has 0 amide bonds. The minimum absolute atomic E-state index is 0.169. The maximum Gasteiger partial charge on any atom is 0.229 e. The molecule has 3 N–H and O–H groups in total. The lowest BCUT2D eigenvalue weighted by molar-refractivity contribution is 0.145. The van der Waals surface area contributed by atoms with Crippen LogP contribution in [-0.4, -0.2) is 44.1 Å². The fraction of sp³-hybridized carbons (Fsp3) is 0.357. The molecule has 0 unspecified atom stereocenters. The van der Waals surface area contributed by atoms with Gasteiger partial charge in [-0.1, -0.05) is 32.0 Å². The molecule has 1 aliphatic heterocycles. The van der Waals surface area contributed by atoms with Crippen LogP contribution in [-0.2, 0) is 13.6 Å². The molecule has 3 heterocycles. The molecule has 0 spiro atoms. The highest BCUT2D eigenvalue weighted by Crippen LogP contribution is 2.29. The number of aliphatic hydroxyl groups is 1. The zero-order valence-corrected chi connectivity index (χ0v) is 21.9. The van der Waals surface area contributed by atoms with E-state index in [4.69, 9.17) is 9.97 Å². The Morgan fingerprint density at radius 2 is 1.78 bits per heavy atom. The number of thioether (sulfide) groups is 1. The van der Waals surface area contributed by atoms with Crippen molar-refractivity contribution in [2.45, 2.75) is 49.5 Å². The molecule has 0 saturated carbocycles. The Morgan fingerprint density at radius 1 is 1.03 bits per heavy atom. The summed E-state index contributed by atoms with van der Waals surface area (Å²) in [6.07, 6.45) is 3.49. The molecule has 5 rings (SSSR count). The van der Waals surface area contributed by atoms with E-state index in [-0.39, 0.29) is 6.10 Å². The average Bonchev–Trinajstić information content (AvgIpc) is 3.24. The Kier molecular flexibility index (Phi) is 7.34. The monoisotopic (exact) mass is 502 g/mol.